The fourth-order valence-electron chi connectivity index (χ4n) is 6.38. The van der Waals surface area contributed by atoms with Crippen molar-refractivity contribution in [2.45, 2.75) is 130 Å². The van der Waals surface area contributed by atoms with Crippen LogP contribution in [0.1, 0.15) is 133 Å². The molecule has 3 heteroatoms. The van der Waals surface area contributed by atoms with Crippen LogP contribution >= 0.6 is 24.8 Å². The Morgan fingerprint density at radius 2 is 1.23 bits per heavy atom. The van der Waals surface area contributed by atoms with Crippen molar-refractivity contribution in [2.24, 2.45) is 11.8 Å². The van der Waals surface area contributed by atoms with Crippen LogP contribution in [0.15, 0.2) is 36.4 Å². The second-order valence-electron chi connectivity index (χ2n) is 14.5. The Morgan fingerprint density at radius 1 is 0.750 bits per heavy atom. The molecule has 2 saturated carbocycles. The number of benzene rings is 2. The standard InChI is InChI=1S/C23H29.2C6H11.C5H5.CH2.2ClH.Zr/c1-14-9-16-11-17-10-15(2)21(23(6,7)8)13-19(17)18(16)12-20(14)22(3,4)5;2*1-6-4-2-3-5-6;1-2-4-5-3-1;;;;/h9,12-13H,11H2,1-8H3;2*6H,1-5H2;1-3H,4H2;1H2;2*1H;/q4*-1;;;;. The number of halogens is 2. The zero-order valence-corrected chi connectivity index (χ0v) is 33.2. The third-order valence-electron chi connectivity index (χ3n) is 8.62. The third kappa shape index (κ3) is 13.5. The molecule has 0 amide bonds. The molecule has 0 aliphatic heterocycles. The summed E-state index contributed by atoms with van der Waals surface area (Å²) >= 11 is 1.30. The van der Waals surface area contributed by atoms with Crippen LogP contribution in [0.2, 0.25) is 0 Å². The maximum absolute atomic E-state index is 3.94. The SMILES string of the molecule is Cc1[c-]c2c(cc1C(C)(C)C)-c1cc(C(C)(C)C)c(C)cc1C2.Cl.Cl.[C-]1=CC=CC1.[CH2-]C1CCCC1.[CH2-]C1CCCC1.[CH2]=[Zr]. The molecule has 2 aromatic rings. The van der Waals surface area contributed by atoms with E-state index >= 15 is 0 Å². The zero-order chi connectivity index (χ0) is 31.5. The van der Waals surface area contributed by atoms with E-state index in [-0.39, 0.29) is 35.6 Å². The van der Waals surface area contributed by atoms with E-state index in [1.54, 1.807) is 0 Å². The zero-order valence-electron chi connectivity index (χ0n) is 29.1. The van der Waals surface area contributed by atoms with Gasteiger partial charge in [0, 0.05) is 0 Å². The van der Waals surface area contributed by atoms with E-state index in [0.29, 0.717) is 0 Å². The summed E-state index contributed by atoms with van der Waals surface area (Å²) in [7, 11) is 0. The molecule has 6 rings (SSSR count). The second kappa shape index (κ2) is 20.5. The van der Waals surface area contributed by atoms with Crippen molar-refractivity contribution >= 4 is 29.0 Å². The van der Waals surface area contributed by atoms with Gasteiger partial charge in [-0.25, -0.2) is 12.2 Å². The van der Waals surface area contributed by atoms with Crippen molar-refractivity contribution in [1.29, 1.82) is 0 Å². The van der Waals surface area contributed by atoms with Crippen LogP contribution in [0.25, 0.3) is 11.1 Å². The molecule has 44 heavy (non-hydrogen) atoms. The molecule has 2 fully saturated rings. The van der Waals surface area contributed by atoms with Gasteiger partial charge in [0.25, 0.3) is 0 Å². The molecular weight excluding hydrogens is 655 g/mol. The van der Waals surface area contributed by atoms with E-state index in [9.17, 15) is 0 Å². The predicted octanol–water partition coefficient (Wildman–Crippen LogP) is 12.4. The first-order chi connectivity index (χ1) is 19.8. The van der Waals surface area contributed by atoms with Gasteiger partial charge in [0.2, 0.25) is 0 Å². The first kappa shape index (κ1) is 43.3. The molecular formula is C41H60Cl2Zr-4. The molecule has 4 aliphatic rings. The van der Waals surface area contributed by atoms with E-state index in [0.717, 1.165) is 24.7 Å². The first-order valence-corrected chi connectivity index (χ1v) is 17.9. The number of allylic oxidation sites excluding steroid dienone is 4. The molecule has 0 unspecified atom stereocenters. The first-order valence-electron chi connectivity index (χ1n) is 16.2. The number of fused-ring (bicyclic) bond motifs is 3. The summed E-state index contributed by atoms with van der Waals surface area (Å²) in [4.78, 5) is 0. The van der Waals surface area contributed by atoms with Crippen molar-refractivity contribution in [3.05, 3.63) is 95.8 Å². The molecule has 0 saturated heterocycles. The maximum atomic E-state index is 3.94. The van der Waals surface area contributed by atoms with E-state index in [1.165, 1.54) is 120 Å². The van der Waals surface area contributed by atoms with Gasteiger partial charge in [-0.05, 0) is 35.4 Å². The van der Waals surface area contributed by atoms with Crippen LogP contribution in [-0.4, -0.2) is 4.21 Å². The summed E-state index contributed by atoms with van der Waals surface area (Å²) in [6.45, 7) is 26.1. The molecule has 246 valence electrons. The van der Waals surface area contributed by atoms with Crippen LogP contribution in [0.5, 0.6) is 0 Å². The van der Waals surface area contributed by atoms with Gasteiger partial charge in [-0.15, -0.1) is 47.9 Å². The summed E-state index contributed by atoms with van der Waals surface area (Å²) < 4.78 is 3.34. The van der Waals surface area contributed by atoms with E-state index < -0.39 is 0 Å². The number of hydrogen-bond acceptors (Lipinski definition) is 0. The number of rotatable bonds is 0. The minimum absolute atomic E-state index is 0. The van der Waals surface area contributed by atoms with Crippen LogP contribution < -0.4 is 0 Å². The molecule has 0 N–H and O–H groups in total. The predicted molar refractivity (Wildman–Crippen MR) is 198 cm³/mol. The average Bonchev–Trinajstić information content (AvgIpc) is 3.73. The summed E-state index contributed by atoms with van der Waals surface area (Å²) in [6.07, 6.45) is 22.2. The van der Waals surface area contributed by atoms with Gasteiger partial charge in [-0.1, -0.05) is 123 Å². The Kier molecular flexibility index (Phi) is 20.1. The Bertz CT molecular complexity index is 1090. The Balaban J connectivity index is 0.000000713. The van der Waals surface area contributed by atoms with Gasteiger partial charge in [-0.3, -0.25) is 6.08 Å². The van der Waals surface area contributed by atoms with Crippen molar-refractivity contribution in [2.75, 3.05) is 0 Å². The fourth-order valence-corrected chi connectivity index (χ4v) is 6.38. The summed E-state index contributed by atoms with van der Waals surface area (Å²) in [5, 5.41) is 0. The van der Waals surface area contributed by atoms with Crippen molar-refractivity contribution in [3.63, 3.8) is 0 Å². The topological polar surface area (TPSA) is 0 Å². The van der Waals surface area contributed by atoms with E-state index in [4.69, 9.17) is 0 Å². The molecule has 4 aliphatic carbocycles. The normalized spacial score (nSPS) is 16.3. The monoisotopic (exact) mass is 712 g/mol. The Morgan fingerprint density at radius 3 is 1.57 bits per heavy atom. The van der Waals surface area contributed by atoms with Gasteiger partial charge < -0.3 is 13.8 Å². The molecule has 0 bridgehead atoms. The van der Waals surface area contributed by atoms with Gasteiger partial charge in [0.1, 0.15) is 0 Å². The molecule has 0 aromatic heterocycles. The number of hydrogen-bond donors (Lipinski definition) is 0. The number of aryl methyl sites for hydroxylation is 2. The van der Waals surface area contributed by atoms with Crippen molar-refractivity contribution in [3.8, 4) is 11.1 Å². The minimum atomic E-state index is 0. The molecule has 2 aromatic carbocycles. The summed E-state index contributed by atoms with van der Waals surface area (Å²) in [5.41, 5.74) is 11.6. The Hall–Kier alpha value is -0.747. The van der Waals surface area contributed by atoms with Gasteiger partial charge in [-0.2, -0.15) is 35.6 Å². The van der Waals surface area contributed by atoms with Crippen LogP contribution in [-0.2, 0) is 41.5 Å². The fraction of sp³-hybridized carbons (Fsp3) is 0.537. The summed E-state index contributed by atoms with van der Waals surface area (Å²) in [5.74, 6) is 1.59. The molecule has 0 spiro atoms. The van der Waals surface area contributed by atoms with E-state index in [1.807, 2.05) is 12.2 Å². The average molecular weight is 715 g/mol. The Labute approximate surface area is 300 Å². The van der Waals surface area contributed by atoms with Crippen LogP contribution in [0.4, 0.5) is 0 Å². The van der Waals surface area contributed by atoms with E-state index in [2.05, 4.69) is 110 Å². The molecule has 0 radical (unpaired) electrons. The van der Waals surface area contributed by atoms with Crippen LogP contribution in [0, 0.1) is 51.7 Å². The molecule has 0 heterocycles. The quantitative estimate of drug-likeness (QED) is 0.203. The van der Waals surface area contributed by atoms with Gasteiger partial charge >= 0.3 is 28.4 Å². The molecule has 0 nitrogen and oxygen atoms in total. The second-order valence-corrected chi connectivity index (χ2v) is 14.5. The van der Waals surface area contributed by atoms with Gasteiger partial charge in [0.05, 0.1) is 0 Å². The summed E-state index contributed by atoms with van der Waals surface area (Å²) in [6, 6.07) is 10.9. The van der Waals surface area contributed by atoms with Crippen molar-refractivity contribution in [1.82, 2.24) is 0 Å². The third-order valence-corrected chi connectivity index (χ3v) is 8.62. The molecule has 0 atom stereocenters. The van der Waals surface area contributed by atoms with Crippen LogP contribution in [0.3, 0.4) is 0 Å². The van der Waals surface area contributed by atoms with Crippen molar-refractivity contribution < 1.29 is 24.2 Å². The van der Waals surface area contributed by atoms with Gasteiger partial charge in [0.15, 0.2) is 0 Å².